The van der Waals surface area contributed by atoms with Crippen LogP contribution in [0.3, 0.4) is 0 Å². The first kappa shape index (κ1) is 12.8. The van der Waals surface area contributed by atoms with Crippen LogP contribution < -0.4 is 5.32 Å². The molecule has 0 spiro atoms. The lowest BCUT2D eigenvalue weighted by molar-refractivity contribution is 0.629. The van der Waals surface area contributed by atoms with Crippen LogP contribution in [0.4, 0.5) is 4.39 Å². The van der Waals surface area contributed by atoms with Crippen molar-refractivity contribution in [2.24, 2.45) is 7.05 Å². The highest BCUT2D eigenvalue weighted by Gasteiger charge is 2.15. The van der Waals surface area contributed by atoms with E-state index in [9.17, 15) is 4.39 Å². The second-order valence-corrected chi connectivity index (χ2v) is 4.51. The number of aromatic nitrogens is 2. The van der Waals surface area contributed by atoms with Crippen LogP contribution in [0.25, 0.3) is 11.1 Å². The van der Waals surface area contributed by atoms with Gasteiger partial charge in [0.25, 0.3) is 0 Å². The van der Waals surface area contributed by atoms with Gasteiger partial charge in [0.2, 0.25) is 0 Å². The molecule has 0 aliphatic rings. The lowest BCUT2D eigenvalue weighted by Gasteiger charge is -2.07. The lowest BCUT2D eigenvalue weighted by atomic mass is 10.0. The first-order chi connectivity index (χ1) is 8.54. The molecule has 0 amide bonds. The summed E-state index contributed by atoms with van der Waals surface area (Å²) < 4.78 is 15.8. The molecule has 1 heterocycles. The van der Waals surface area contributed by atoms with Crippen molar-refractivity contribution in [3.63, 3.8) is 0 Å². The molecule has 18 heavy (non-hydrogen) atoms. The van der Waals surface area contributed by atoms with Crippen molar-refractivity contribution in [2.45, 2.75) is 20.4 Å². The quantitative estimate of drug-likeness (QED) is 0.903. The minimum absolute atomic E-state index is 0.200. The molecule has 0 aliphatic carbocycles. The molecule has 0 atom stereocenters. The van der Waals surface area contributed by atoms with Crippen LogP contribution in [0.2, 0.25) is 0 Å². The van der Waals surface area contributed by atoms with Crippen LogP contribution in [-0.4, -0.2) is 16.8 Å². The van der Waals surface area contributed by atoms with Crippen LogP contribution in [0, 0.1) is 19.7 Å². The van der Waals surface area contributed by atoms with Gasteiger partial charge in [-0.3, -0.25) is 4.68 Å². The molecule has 96 valence electrons. The van der Waals surface area contributed by atoms with Crippen molar-refractivity contribution in [2.75, 3.05) is 7.05 Å². The van der Waals surface area contributed by atoms with E-state index in [0.717, 1.165) is 29.1 Å². The number of rotatable bonds is 3. The second kappa shape index (κ2) is 4.90. The molecule has 0 saturated heterocycles. The topological polar surface area (TPSA) is 29.9 Å². The van der Waals surface area contributed by atoms with Crippen LogP contribution in [0.5, 0.6) is 0 Å². The van der Waals surface area contributed by atoms with Gasteiger partial charge < -0.3 is 5.32 Å². The highest BCUT2D eigenvalue weighted by atomic mass is 19.1. The summed E-state index contributed by atoms with van der Waals surface area (Å²) in [6.07, 6.45) is 0. The highest BCUT2D eigenvalue weighted by molar-refractivity contribution is 5.69. The minimum atomic E-state index is -0.200. The van der Waals surface area contributed by atoms with Crippen molar-refractivity contribution in [1.82, 2.24) is 15.1 Å². The van der Waals surface area contributed by atoms with E-state index in [4.69, 9.17) is 0 Å². The normalized spacial score (nSPS) is 10.9. The molecule has 0 saturated carbocycles. The van der Waals surface area contributed by atoms with Crippen LogP contribution in [0.1, 0.15) is 17.0 Å². The number of hydrogen-bond donors (Lipinski definition) is 1. The maximum atomic E-state index is 14.0. The Morgan fingerprint density at radius 2 is 2.06 bits per heavy atom. The molecule has 0 aliphatic heterocycles. The second-order valence-electron chi connectivity index (χ2n) is 4.51. The molecule has 0 radical (unpaired) electrons. The maximum Gasteiger partial charge on any atom is 0.131 e. The van der Waals surface area contributed by atoms with Crippen LogP contribution in [-0.2, 0) is 13.6 Å². The Bertz CT molecular complexity index is 573. The minimum Gasteiger partial charge on any atom is -0.316 e. The molecule has 2 aromatic rings. The van der Waals surface area contributed by atoms with Crippen molar-refractivity contribution >= 4 is 0 Å². The van der Waals surface area contributed by atoms with E-state index < -0.39 is 0 Å². The van der Waals surface area contributed by atoms with E-state index in [1.165, 1.54) is 6.07 Å². The average molecular weight is 247 g/mol. The Balaban J connectivity index is 2.58. The Hall–Kier alpha value is -1.68. The molecule has 1 aromatic carbocycles. The van der Waals surface area contributed by atoms with E-state index in [2.05, 4.69) is 10.4 Å². The maximum absolute atomic E-state index is 14.0. The number of hydrogen-bond acceptors (Lipinski definition) is 2. The molecule has 1 aromatic heterocycles. The summed E-state index contributed by atoms with van der Waals surface area (Å²) in [5, 5.41) is 7.41. The fraction of sp³-hybridized carbons (Fsp3) is 0.357. The molecule has 0 fully saturated rings. The molecule has 1 N–H and O–H groups in total. The van der Waals surface area contributed by atoms with Crippen molar-refractivity contribution < 1.29 is 4.39 Å². The van der Waals surface area contributed by atoms with Crippen molar-refractivity contribution in [3.8, 4) is 11.1 Å². The van der Waals surface area contributed by atoms with Gasteiger partial charge in [-0.05, 0) is 38.6 Å². The molecule has 2 rings (SSSR count). The summed E-state index contributed by atoms with van der Waals surface area (Å²) >= 11 is 0. The van der Waals surface area contributed by atoms with Crippen molar-refractivity contribution in [3.05, 3.63) is 41.0 Å². The standard InChI is InChI=1S/C14H18FN3/c1-9-14(10(2)18(4)17-9)12-7-11(8-16-3)5-6-13(12)15/h5-7,16H,8H2,1-4H3. The summed E-state index contributed by atoms with van der Waals surface area (Å²) in [7, 11) is 3.75. The fourth-order valence-corrected chi connectivity index (χ4v) is 2.24. The number of aryl methyl sites for hydroxylation is 2. The van der Waals surface area contributed by atoms with Crippen molar-refractivity contribution in [1.29, 1.82) is 0 Å². The zero-order valence-electron chi connectivity index (χ0n) is 11.2. The van der Waals surface area contributed by atoms with E-state index >= 15 is 0 Å². The first-order valence-corrected chi connectivity index (χ1v) is 5.98. The summed E-state index contributed by atoms with van der Waals surface area (Å²) in [4.78, 5) is 0. The molecule has 0 bridgehead atoms. The Morgan fingerprint density at radius 1 is 1.33 bits per heavy atom. The number of benzene rings is 1. The summed E-state index contributed by atoms with van der Waals surface area (Å²) in [6, 6.07) is 5.22. The molecular weight excluding hydrogens is 229 g/mol. The lowest BCUT2D eigenvalue weighted by Crippen LogP contribution is -2.05. The van der Waals surface area contributed by atoms with E-state index in [1.807, 2.05) is 34.0 Å². The number of nitrogens with zero attached hydrogens (tertiary/aromatic N) is 2. The third-order valence-electron chi connectivity index (χ3n) is 3.19. The third kappa shape index (κ3) is 2.16. The summed E-state index contributed by atoms with van der Waals surface area (Å²) in [5.74, 6) is -0.200. The molecule has 3 nitrogen and oxygen atoms in total. The first-order valence-electron chi connectivity index (χ1n) is 5.98. The van der Waals surface area contributed by atoms with Gasteiger partial charge in [0.15, 0.2) is 0 Å². The Kier molecular flexibility index (Phi) is 3.48. The number of nitrogens with one attached hydrogen (secondary N) is 1. The Morgan fingerprint density at radius 3 is 2.61 bits per heavy atom. The highest BCUT2D eigenvalue weighted by Crippen LogP contribution is 2.29. The zero-order chi connectivity index (χ0) is 13.3. The van der Waals surface area contributed by atoms with E-state index in [-0.39, 0.29) is 5.82 Å². The fourth-order valence-electron chi connectivity index (χ4n) is 2.24. The van der Waals surface area contributed by atoms with Gasteiger partial charge in [0.05, 0.1) is 5.69 Å². The SMILES string of the molecule is CNCc1ccc(F)c(-c2c(C)nn(C)c2C)c1. The largest absolute Gasteiger partial charge is 0.316 e. The predicted molar refractivity (Wildman–Crippen MR) is 70.8 cm³/mol. The molecular formula is C14H18FN3. The van der Waals surface area contributed by atoms with Crippen LogP contribution in [0.15, 0.2) is 18.2 Å². The monoisotopic (exact) mass is 247 g/mol. The van der Waals surface area contributed by atoms with E-state index in [0.29, 0.717) is 5.56 Å². The van der Waals surface area contributed by atoms with Gasteiger partial charge in [-0.1, -0.05) is 6.07 Å². The van der Waals surface area contributed by atoms with Crippen LogP contribution >= 0.6 is 0 Å². The average Bonchev–Trinajstić information content (AvgIpc) is 2.57. The Labute approximate surface area is 107 Å². The van der Waals surface area contributed by atoms with Gasteiger partial charge in [0, 0.05) is 30.4 Å². The van der Waals surface area contributed by atoms with Gasteiger partial charge in [-0.2, -0.15) is 5.10 Å². The number of halogens is 1. The van der Waals surface area contributed by atoms with E-state index in [1.54, 1.807) is 10.7 Å². The zero-order valence-corrected chi connectivity index (χ0v) is 11.2. The smallest absolute Gasteiger partial charge is 0.131 e. The predicted octanol–water partition coefficient (Wildman–Crippen LogP) is 2.56. The molecule has 4 heteroatoms. The van der Waals surface area contributed by atoms with Gasteiger partial charge in [0.1, 0.15) is 5.82 Å². The van der Waals surface area contributed by atoms with Gasteiger partial charge in [-0.25, -0.2) is 4.39 Å². The summed E-state index contributed by atoms with van der Waals surface area (Å²) in [6.45, 7) is 4.59. The third-order valence-corrected chi connectivity index (χ3v) is 3.19. The van der Waals surface area contributed by atoms with Gasteiger partial charge in [-0.15, -0.1) is 0 Å². The van der Waals surface area contributed by atoms with Gasteiger partial charge >= 0.3 is 0 Å². The summed E-state index contributed by atoms with van der Waals surface area (Å²) in [5.41, 5.74) is 4.43. The molecule has 0 unspecified atom stereocenters.